The molecule has 5 heteroatoms. The van der Waals surface area contributed by atoms with Gasteiger partial charge < -0.3 is 19.6 Å². The van der Waals surface area contributed by atoms with Gasteiger partial charge in [0.05, 0.1) is 12.0 Å². The minimum atomic E-state index is -0.191. The van der Waals surface area contributed by atoms with E-state index >= 15 is 0 Å². The number of ether oxygens (including phenoxy) is 2. The van der Waals surface area contributed by atoms with Crippen LogP contribution in [0.3, 0.4) is 0 Å². The first kappa shape index (κ1) is 14.5. The van der Waals surface area contributed by atoms with Crippen molar-refractivity contribution in [3.63, 3.8) is 0 Å². The minimum absolute atomic E-state index is 0.0163. The zero-order valence-corrected chi connectivity index (χ0v) is 11.5. The maximum atomic E-state index is 12.1. The van der Waals surface area contributed by atoms with Gasteiger partial charge in [-0.1, -0.05) is 0 Å². The number of piperidine rings is 1. The molecule has 1 saturated heterocycles. The van der Waals surface area contributed by atoms with Gasteiger partial charge in [0, 0.05) is 13.0 Å². The highest BCUT2D eigenvalue weighted by Gasteiger charge is 2.34. The maximum absolute atomic E-state index is 12.1. The Labute approximate surface area is 114 Å². The molecule has 0 aromatic carbocycles. The summed E-state index contributed by atoms with van der Waals surface area (Å²) in [5.41, 5.74) is 0. The number of esters is 1. The van der Waals surface area contributed by atoms with Crippen LogP contribution in [0.1, 0.15) is 32.1 Å². The number of nitrogens with one attached hydrogen (secondary N) is 1. The molecule has 2 rings (SSSR count). The third-order valence-corrected chi connectivity index (χ3v) is 4.21. The molecule has 0 radical (unpaired) electrons. The second-order valence-electron chi connectivity index (χ2n) is 5.48. The van der Waals surface area contributed by atoms with Crippen molar-refractivity contribution in [3.05, 3.63) is 0 Å². The largest absolute Gasteiger partial charge is 0.459 e. The Bertz CT molecular complexity index is 315. The molecule has 1 N–H and O–H groups in total. The molecule has 19 heavy (non-hydrogen) atoms. The Kier molecular flexibility index (Phi) is 5.34. The van der Waals surface area contributed by atoms with Crippen molar-refractivity contribution in [1.29, 1.82) is 0 Å². The number of carbonyl (C=O) groups excluding carboxylic acids is 2. The van der Waals surface area contributed by atoms with Crippen LogP contribution in [0.2, 0.25) is 0 Å². The van der Waals surface area contributed by atoms with Crippen molar-refractivity contribution < 1.29 is 19.1 Å². The Morgan fingerprint density at radius 1 is 1.16 bits per heavy atom. The van der Waals surface area contributed by atoms with Crippen molar-refractivity contribution in [1.82, 2.24) is 5.32 Å². The molecule has 1 saturated carbocycles. The van der Waals surface area contributed by atoms with Crippen LogP contribution < -0.4 is 5.32 Å². The Balaban J connectivity index is 1.86. The molecule has 3 atom stereocenters. The van der Waals surface area contributed by atoms with Crippen LogP contribution in [0.5, 0.6) is 0 Å². The lowest BCUT2D eigenvalue weighted by Crippen LogP contribution is -2.41. The lowest BCUT2D eigenvalue weighted by atomic mass is 9.86. The van der Waals surface area contributed by atoms with Gasteiger partial charge in [0.25, 0.3) is 0 Å². The molecule has 1 aliphatic heterocycles. The zero-order valence-electron chi connectivity index (χ0n) is 11.5. The molecule has 0 aromatic heterocycles. The first-order chi connectivity index (χ1) is 9.24. The fourth-order valence-electron chi connectivity index (χ4n) is 2.94. The van der Waals surface area contributed by atoms with Crippen molar-refractivity contribution in [2.75, 3.05) is 20.2 Å². The van der Waals surface area contributed by atoms with Gasteiger partial charge >= 0.3 is 5.97 Å². The van der Waals surface area contributed by atoms with Crippen LogP contribution in [-0.4, -0.2) is 44.7 Å². The molecule has 2 fully saturated rings. The van der Waals surface area contributed by atoms with E-state index in [1.54, 1.807) is 7.11 Å². The van der Waals surface area contributed by atoms with Crippen molar-refractivity contribution in [2.24, 2.45) is 11.8 Å². The second kappa shape index (κ2) is 7.01. The number of methoxy groups -OCH3 is 1. The zero-order chi connectivity index (χ0) is 13.7. The molecule has 108 valence electrons. The summed E-state index contributed by atoms with van der Waals surface area (Å²) >= 11 is 0. The molecule has 3 unspecified atom stereocenters. The van der Waals surface area contributed by atoms with Crippen LogP contribution in [0.4, 0.5) is 0 Å². The lowest BCUT2D eigenvalue weighted by molar-refractivity contribution is -0.166. The highest BCUT2D eigenvalue weighted by molar-refractivity contribution is 5.72. The molecule has 2 aliphatic rings. The van der Waals surface area contributed by atoms with E-state index in [9.17, 15) is 9.59 Å². The van der Waals surface area contributed by atoms with Gasteiger partial charge in [0.15, 0.2) is 0 Å². The summed E-state index contributed by atoms with van der Waals surface area (Å²) in [6.45, 7) is 1.76. The Hall–Kier alpha value is -0.940. The molecule has 1 heterocycles. The first-order valence-corrected chi connectivity index (χ1v) is 7.14. The van der Waals surface area contributed by atoms with Crippen LogP contribution in [-0.2, 0) is 19.1 Å². The van der Waals surface area contributed by atoms with E-state index in [0.717, 1.165) is 45.1 Å². The third-order valence-electron chi connectivity index (χ3n) is 4.21. The van der Waals surface area contributed by atoms with Crippen LogP contribution >= 0.6 is 0 Å². The van der Waals surface area contributed by atoms with Crippen LogP contribution in [0.15, 0.2) is 0 Å². The second-order valence-corrected chi connectivity index (χ2v) is 5.48. The Morgan fingerprint density at radius 2 is 1.89 bits per heavy atom. The van der Waals surface area contributed by atoms with E-state index in [0.29, 0.717) is 6.42 Å². The normalized spacial score (nSPS) is 32.8. The predicted molar refractivity (Wildman–Crippen MR) is 69.7 cm³/mol. The number of aldehydes is 1. The fraction of sp³-hybridized carbons (Fsp3) is 0.857. The minimum Gasteiger partial charge on any atom is -0.459 e. The molecule has 0 spiro atoms. The smallest absolute Gasteiger partial charge is 0.309 e. The first-order valence-electron chi connectivity index (χ1n) is 7.14. The summed E-state index contributed by atoms with van der Waals surface area (Å²) in [4.78, 5) is 22.9. The molecular weight excluding hydrogens is 246 g/mol. The van der Waals surface area contributed by atoms with Gasteiger partial charge in [-0.3, -0.25) is 4.79 Å². The topological polar surface area (TPSA) is 64.6 Å². The average molecular weight is 269 g/mol. The summed E-state index contributed by atoms with van der Waals surface area (Å²) in [5, 5.41) is 3.24. The van der Waals surface area contributed by atoms with Gasteiger partial charge in [-0.15, -0.1) is 0 Å². The molecule has 5 nitrogen and oxygen atoms in total. The van der Waals surface area contributed by atoms with Gasteiger partial charge in [-0.05, 0) is 45.2 Å². The van der Waals surface area contributed by atoms with Crippen LogP contribution in [0, 0.1) is 11.8 Å². The molecule has 0 amide bonds. The maximum Gasteiger partial charge on any atom is 0.309 e. The third kappa shape index (κ3) is 3.76. The monoisotopic (exact) mass is 269 g/mol. The van der Waals surface area contributed by atoms with E-state index in [1.165, 1.54) is 0 Å². The van der Waals surface area contributed by atoms with Crippen molar-refractivity contribution in [2.45, 2.75) is 44.3 Å². The van der Waals surface area contributed by atoms with E-state index in [-0.39, 0.29) is 30.0 Å². The van der Waals surface area contributed by atoms with E-state index in [4.69, 9.17) is 9.47 Å². The lowest BCUT2D eigenvalue weighted by Gasteiger charge is -2.34. The van der Waals surface area contributed by atoms with Gasteiger partial charge in [0.2, 0.25) is 0 Å². The van der Waals surface area contributed by atoms with Crippen molar-refractivity contribution >= 4 is 12.3 Å². The van der Waals surface area contributed by atoms with E-state index < -0.39 is 0 Å². The average Bonchev–Trinajstić information content (AvgIpc) is 2.48. The van der Waals surface area contributed by atoms with Gasteiger partial charge in [-0.2, -0.15) is 0 Å². The quantitative estimate of drug-likeness (QED) is 0.607. The fourth-order valence-corrected chi connectivity index (χ4v) is 2.94. The summed E-state index contributed by atoms with van der Waals surface area (Å²) in [6.07, 6.45) is 4.51. The highest BCUT2D eigenvalue weighted by Crippen LogP contribution is 2.28. The van der Waals surface area contributed by atoms with Gasteiger partial charge in [-0.25, -0.2) is 0 Å². The molecule has 0 bridgehead atoms. The predicted octanol–water partition coefficient (Wildman–Crippen LogP) is 0.912. The van der Waals surface area contributed by atoms with Gasteiger partial charge in [0.1, 0.15) is 12.4 Å². The number of rotatable bonds is 4. The number of carbonyl (C=O) groups is 2. The molecule has 1 aliphatic carbocycles. The van der Waals surface area contributed by atoms with E-state index in [1.807, 2.05) is 0 Å². The summed E-state index contributed by atoms with van der Waals surface area (Å²) in [5.74, 6) is -0.0422. The standard InChI is InChI=1S/C14H23NO4/c1-18-13-8-10(9-16)2-3-12(13)19-14(17)11-4-6-15-7-5-11/h9-13,15H,2-8H2,1H3. The number of hydrogen-bond donors (Lipinski definition) is 1. The van der Waals surface area contributed by atoms with Crippen LogP contribution in [0.25, 0.3) is 0 Å². The molecular formula is C14H23NO4. The SMILES string of the molecule is COC1CC(C=O)CCC1OC(=O)C1CCNCC1. The Morgan fingerprint density at radius 3 is 2.53 bits per heavy atom. The van der Waals surface area contributed by atoms with Crippen molar-refractivity contribution in [3.8, 4) is 0 Å². The summed E-state index contributed by atoms with van der Waals surface area (Å²) < 4.78 is 11.0. The molecule has 0 aromatic rings. The summed E-state index contributed by atoms with van der Waals surface area (Å²) in [6, 6.07) is 0. The summed E-state index contributed by atoms with van der Waals surface area (Å²) in [7, 11) is 1.61. The highest BCUT2D eigenvalue weighted by atomic mass is 16.6. The number of hydrogen-bond acceptors (Lipinski definition) is 5. The van der Waals surface area contributed by atoms with E-state index in [2.05, 4.69) is 5.32 Å².